The summed E-state index contributed by atoms with van der Waals surface area (Å²) in [7, 11) is 1.50. The van der Waals surface area contributed by atoms with Gasteiger partial charge in [-0.15, -0.1) is 0 Å². The predicted octanol–water partition coefficient (Wildman–Crippen LogP) is 2.72. The molecule has 1 atom stereocenters. The molecule has 2 fully saturated rings. The molecule has 11 heteroatoms. The number of carbonyl (C=O) groups excluding carboxylic acids is 2. The Morgan fingerprint density at radius 1 is 1.19 bits per heavy atom. The Morgan fingerprint density at radius 2 is 1.92 bits per heavy atom. The van der Waals surface area contributed by atoms with E-state index in [1.54, 1.807) is 19.1 Å². The highest BCUT2D eigenvalue weighted by molar-refractivity contribution is 6.32. The number of piperidine rings is 1. The maximum absolute atomic E-state index is 13.9. The molecule has 194 valence electrons. The molecule has 2 aliphatic rings. The molecule has 3 N–H and O–H groups in total. The van der Waals surface area contributed by atoms with Gasteiger partial charge in [-0.05, 0) is 43.9 Å². The third-order valence-electron chi connectivity index (χ3n) is 7.24. The van der Waals surface area contributed by atoms with Gasteiger partial charge >= 0.3 is 0 Å². The fourth-order valence-corrected chi connectivity index (χ4v) is 5.37. The van der Waals surface area contributed by atoms with Gasteiger partial charge in [-0.1, -0.05) is 24.6 Å². The van der Waals surface area contributed by atoms with Crippen molar-refractivity contribution >= 4 is 35.1 Å². The standard InChI is InChI=1S/C25H33ClFN7O2/c1-4-17-14-33(23-21(26)30-20(22(28)31-23)24(35)29-3)11-12-34(17)18-7-9-32(10-8-18)25(36)16-6-5-15(2)19(27)13-16/h5-6,13,17-18H,4,7-12,14H2,1-3H3,(H2,28,31)(H,29,35)/t17-/m0/s1. The zero-order valence-corrected chi connectivity index (χ0v) is 21.7. The lowest BCUT2D eigenvalue weighted by Crippen LogP contribution is -2.58. The number of nitrogens with one attached hydrogen (secondary N) is 1. The first-order valence-electron chi connectivity index (χ1n) is 12.3. The summed E-state index contributed by atoms with van der Waals surface area (Å²) in [6, 6.07) is 5.31. The normalized spacial score (nSPS) is 19.4. The summed E-state index contributed by atoms with van der Waals surface area (Å²) in [4.78, 5) is 39.9. The van der Waals surface area contributed by atoms with Crippen LogP contribution in [0.5, 0.6) is 0 Å². The van der Waals surface area contributed by atoms with Crippen LogP contribution in [0, 0.1) is 12.7 Å². The summed E-state index contributed by atoms with van der Waals surface area (Å²) in [6.45, 7) is 7.36. The van der Waals surface area contributed by atoms with Crippen molar-refractivity contribution in [2.24, 2.45) is 0 Å². The molecule has 9 nitrogen and oxygen atoms in total. The fraction of sp³-hybridized carbons (Fsp3) is 0.520. The van der Waals surface area contributed by atoms with Gasteiger partial charge in [0.2, 0.25) is 0 Å². The van der Waals surface area contributed by atoms with Crippen LogP contribution in [0.15, 0.2) is 18.2 Å². The molecule has 1 aromatic heterocycles. The molecule has 2 amide bonds. The van der Waals surface area contributed by atoms with Gasteiger partial charge in [0.05, 0.1) is 0 Å². The molecule has 0 saturated carbocycles. The van der Waals surface area contributed by atoms with Gasteiger partial charge in [-0.25, -0.2) is 14.4 Å². The van der Waals surface area contributed by atoms with Crippen LogP contribution in [0.25, 0.3) is 0 Å². The van der Waals surface area contributed by atoms with E-state index in [1.165, 1.54) is 13.1 Å². The molecule has 1 aromatic carbocycles. The Kier molecular flexibility index (Phi) is 7.94. The van der Waals surface area contributed by atoms with E-state index in [4.69, 9.17) is 17.3 Å². The second-order valence-electron chi connectivity index (χ2n) is 9.38. The van der Waals surface area contributed by atoms with E-state index in [9.17, 15) is 14.0 Å². The number of nitrogen functional groups attached to an aromatic ring is 1. The number of rotatable bonds is 5. The highest BCUT2D eigenvalue weighted by Gasteiger charge is 2.35. The average Bonchev–Trinajstić information content (AvgIpc) is 2.90. The van der Waals surface area contributed by atoms with Gasteiger partial charge < -0.3 is 20.9 Å². The molecule has 0 spiro atoms. The zero-order chi connectivity index (χ0) is 26.0. The summed E-state index contributed by atoms with van der Waals surface area (Å²) in [6.07, 6.45) is 2.67. The van der Waals surface area contributed by atoms with E-state index in [0.29, 0.717) is 49.2 Å². The number of hydrogen-bond donors (Lipinski definition) is 2. The van der Waals surface area contributed by atoms with E-state index < -0.39 is 5.91 Å². The van der Waals surface area contributed by atoms with Crippen molar-refractivity contribution in [2.75, 3.05) is 50.4 Å². The number of anilines is 2. The second kappa shape index (κ2) is 11.0. The largest absolute Gasteiger partial charge is 0.382 e. The number of hydrogen-bond acceptors (Lipinski definition) is 7. The SMILES string of the molecule is CC[C@H]1CN(c2nc(N)c(C(=O)NC)nc2Cl)CCN1C1CCN(C(=O)c2ccc(C)c(F)c2)CC1. The number of amides is 2. The minimum atomic E-state index is -0.429. The van der Waals surface area contributed by atoms with Crippen LogP contribution in [0.2, 0.25) is 5.15 Å². The molecule has 2 aliphatic heterocycles. The van der Waals surface area contributed by atoms with Crippen LogP contribution in [0.3, 0.4) is 0 Å². The van der Waals surface area contributed by atoms with Crippen LogP contribution in [0.4, 0.5) is 16.0 Å². The van der Waals surface area contributed by atoms with Crippen molar-refractivity contribution in [3.63, 3.8) is 0 Å². The van der Waals surface area contributed by atoms with Crippen LogP contribution in [-0.2, 0) is 0 Å². The molecule has 0 radical (unpaired) electrons. The first-order valence-corrected chi connectivity index (χ1v) is 12.7. The molecular formula is C25H33ClFN7O2. The van der Waals surface area contributed by atoms with E-state index in [2.05, 4.69) is 32.0 Å². The Hall–Kier alpha value is -2.98. The van der Waals surface area contributed by atoms with Gasteiger partial charge in [0.25, 0.3) is 11.8 Å². The van der Waals surface area contributed by atoms with Crippen molar-refractivity contribution in [1.82, 2.24) is 25.1 Å². The van der Waals surface area contributed by atoms with Gasteiger partial charge in [-0.2, -0.15) is 0 Å². The minimum Gasteiger partial charge on any atom is -0.382 e. The molecule has 36 heavy (non-hydrogen) atoms. The Bertz CT molecular complexity index is 1140. The fourth-order valence-electron chi connectivity index (χ4n) is 5.12. The number of carbonyl (C=O) groups is 2. The zero-order valence-electron chi connectivity index (χ0n) is 20.9. The monoisotopic (exact) mass is 517 g/mol. The third kappa shape index (κ3) is 5.24. The van der Waals surface area contributed by atoms with Crippen LogP contribution < -0.4 is 16.0 Å². The van der Waals surface area contributed by atoms with Gasteiger partial charge in [0.1, 0.15) is 5.82 Å². The Labute approximate surface area is 215 Å². The van der Waals surface area contributed by atoms with E-state index in [1.807, 2.05) is 4.90 Å². The first kappa shape index (κ1) is 26.1. The number of nitrogens with two attached hydrogens (primary N) is 1. The molecule has 0 bridgehead atoms. The molecule has 2 aromatic rings. The summed E-state index contributed by atoms with van der Waals surface area (Å²) >= 11 is 6.40. The number of aromatic nitrogens is 2. The molecule has 0 unspecified atom stereocenters. The van der Waals surface area contributed by atoms with Gasteiger partial charge in [0.15, 0.2) is 22.5 Å². The second-order valence-corrected chi connectivity index (χ2v) is 9.74. The number of piperazine rings is 1. The van der Waals surface area contributed by atoms with E-state index in [-0.39, 0.29) is 34.4 Å². The number of aryl methyl sites for hydroxylation is 1. The number of likely N-dealkylation sites (tertiary alicyclic amines) is 1. The number of nitrogens with zero attached hydrogens (tertiary/aromatic N) is 5. The van der Waals surface area contributed by atoms with Gasteiger partial charge in [0, 0.05) is 57.4 Å². The molecule has 4 rings (SSSR count). The number of halogens is 2. The maximum Gasteiger partial charge on any atom is 0.273 e. The van der Waals surface area contributed by atoms with Crippen molar-refractivity contribution in [1.29, 1.82) is 0 Å². The Balaban J connectivity index is 1.39. The lowest BCUT2D eigenvalue weighted by Gasteiger charge is -2.47. The number of benzene rings is 1. The molecule has 0 aliphatic carbocycles. The lowest BCUT2D eigenvalue weighted by atomic mass is 9.97. The summed E-state index contributed by atoms with van der Waals surface area (Å²) < 4.78 is 13.9. The maximum atomic E-state index is 13.9. The van der Waals surface area contributed by atoms with E-state index in [0.717, 1.165) is 25.8 Å². The van der Waals surface area contributed by atoms with Crippen LogP contribution in [0.1, 0.15) is 52.6 Å². The highest BCUT2D eigenvalue weighted by atomic mass is 35.5. The van der Waals surface area contributed by atoms with Crippen molar-refractivity contribution < 1.29 is 14.0 Å². The van der Waals surface area contributed by atoms with Crippen molar-refractivity contribution in [3.8, 4) is 0 Å². The summed E-state index contributed by atoms with van der Waals surface area (Å²) in [5.41, 5.74) is 6.95. The minimum absolute atomic E-state index is 0.0200. The third-order valence-corrected chi connectivity index (χ3v) is 7.50. The van der Waals surface area contributed by atoms with E-state index >= 15 is 0 Å². The highest BCUT2D eigenvalue weighted by Crippen LogP contribution is 2.30. The predicted molar refractivity (Wildman–Crippen MR) is 138 cm³/mol. The van der Waals surface area contributed by atoms with Crippen LogP contribution >= 0.6 is 11.6 Å². The summed E-state index contributed by atoms with van der Waals surface area (Å²) in [5.74, 6) is -0.355. The molecular weight excluding hydrogens is 485 g/mol. The first-order chi connectivity index (χ1) is 17.2. The quantitative estimate of drug-likeness (QED) is 0.627. The molecule has 3 heterocycles. The lowest BCUT2D eigenvalue weighted by molar-refractivity contribution is 0.0490. The van der Waals surface area contributed by atoms with Crippen LogP contribution in [-0.4, -0.2) is 83.4 Å². The van der Waals surface area contributed by atoms with Crippen molar-refractivity contribution in [3.05, 3.63) is 46.0 Å². The topological polar surface area (TPSA) is 108 Å². The summed E-state index contributed by atoms with van der Waals surface area (Å²) in [5, 5.41) is 2.65. The van der Waals surface area contributed by atoms with Gasteiger partial charge in [-0.3, -0.25) is 14.5 Å². The average molecular weight is 518 g/mol. The Morgan fingerprint density at radius 3 is 2.56 bits per heavy atom. The van der Waals surface area contributed by atoms with Crippen molar-refractivity contribution in [2.45, 2.75) is 45.2 Å². The smallest absolute Gasteiger partial charge is 0.273 e. The molecule has 2 saturated heterocycles.